The summed E-state index contributed by atoms with van der Waals surface area (Å²) >= 11 is 3.24. The van der Waals surface area contributed by atoms with E-state index in [9.17, 15) is 18.0 Å². The molecule has 3 N–H and O–H groups in total. The van der Waals surface area contributed by atoms with Crippen molar-refractivity contribution >= 4 is 27.5 Å². The number of nitrogens with one attached hydrogen (secondary N) is 1. The van der Waals surface area contributed by atoms with Gasteiger partial charge in [0.25, 0.3) is 5.91 Å². The molecule has 1 saturated carbocycles. The third kappa shape index (κ3) is 4.12. The highest BCUT2D eigenvalue weighted by Gasteiger charge is 2.42. The molecular weight excluding hydrogens is 349 g/mol. The average Bonchev–Trinajstić information content (AvgIpc) is 2.37. The summed E-state index contributed by atoms with van der Waals surface area (Å²) in [7, 11) is 0. The zero-order chi connectivity index (χ0) is 15.6. The standard InChI is InChI=1S/C14H16BrF3N2O/c15-9-4-5-11(12(19)7-9)13(21)20-10-3-1-2-8(6-10)14(16,17)18/h4-5,7-8,10H,1-3,6,19H2,(H,20,21). The SMILES string of the molecule is Nc1cc(Br)ccc1C(=O)NC1CCCC(C(F)(F)F)C1. The summed E-state index contributed by atoms with van der Waals surface area (Å²) in [4.78, 5) is 12.1. The number of hydrogen-bond donors (Lipinski definition) is 2. The van der Waals surface area contributed by atoms with Crippen LogP contribution in [0.1, 0.15) is 36.0 Å². The molecule has 2 atom stereocenters. The van der Waals surface area contributed by atoms with Gasteiger partial charge < -0.3 is 11.1 Å². The lowest BCUT2D eigenvalue weighted by Gasteiger charge is -2.31. The zero-order valence-electron chi connectivity index (χ0n) is 11.2. The molecule has 2 unspecified atom stereocenters. The number of nitrogens with two attached hydrogens (primary N) is 1. The Labute approximate surface area is 129 Å². The summed E-state index contributed by atoms with van der Waals surface area (Å²) in [6, 6.07) is 4.36. The summed E-state index contributed by atoms with van der Waals surface area (Å²) in [5.74, 6) is -1.76. The summed E-state index contributed by atoms with van der Waals surface area (Å²) in [5, 5.41) is 2.66. The normalized spacial score (nSPS) is 22.9. The van der Waals surface area contributed by atoms with E-state index in [1.165, 1.54) is 0 Å². The van der Waals surface area contributed by atoms with Crippen LogP contribution >= 0.6 is 15.9 Å². The quantitative estimate of drug-likeness (QED) is 0.782. The first-order valence-electron chi connectivity index (χ1n) is 6.70. The maximum absolute atomic E-state index is 12.7. The molecule has 0 aliphatic heterocycles. The highest BCUT2D eigenvalue weighted by atomic mass is 79.9. The molecule has 0 saturated heterocycles. The molecule has 1 aromatic rings. The number of anilines is 1. The Morgan fingerprint density at radius 1 is 1.33 bits per heavy atom. The van der Waals surface area contributed by atoms with Gasteiger partial charge in [-0.15, -0.1) is 0 Å². The van der Waals surface area contributed by atoms with Crippen molar-refractivity contribution in [1.29, 1.82) is 0 Å². The Morgan fingerprint density at radius 2 is 2.05 bits per heavy atom. The van der Waals surface area contributed by atoms with Crippen LogP contribution in [0.2, 0.25) is 0 Å². The molecule has 2 rings (SSSR count). The van der Waals surface area contributed by atoms with Gasteiger partial charge in [-0.1, -0.05) is 22.4 Å². The van der Waals surface area contributed by atoms with Gasteiger partial charge in [0.05, 0.1) is 11.5 Å². The fraction of sp³-hybridized carbons (Fsp3) is 0.500. The molecule has 1 fully saturated rings. The van der Waals surface area contributed by atoms with Crippen LogP contribution < -0.4 is 11.1 Å². The van der Waals surface area contributed by atoms with Gasteiger partial charge in [0.1, 0.15) is 0 Å². The van der Waals surface area contributed by atoms with Crippen LogP contribution in [0.15, 0.2) is 22.7 Å². The highest BCUT2D eigenvalue weighted by Crippen LogP contribution is 2.37. The molecule has 0 heterocycles. The summed E-state index contributed by atoms with van der Waals surface area (Å²) in [5.41, 5.74) is 6.33. The Kier molecular flexibility index (Phi) is 4.81. The van der Waals surface area contributed by atoms with E-state index < -0.39 is 24.0 Å². The molecule has 0 radical (unpaired) electrons. The van der Waals surface area contributed by atoms with Crippen molar-refractivity contribution in [1.82, 2.24) is 5.32 Å². The molecule has 0 spiro atoms. The Morgan fingerprint density at radius 3 is 2.67 bits per heavy atom. The van der Waals surface area contributed by atoms with E-state index in [0.717, 1.165) is 4.47 Å². The molecule has 0 aromatic heterocycles. The predicted octanol–water partition coefficient (Wildman–Crippen LogP) is 3.88. The molecule has 1 aliphatic carbocycles. The number of carbonyl (C=O) groups excluding carboxylic acids is 1. The second kappa shape index (κ2) is 6.25. The first kappa shape index (κ1) is 16.1. The van der Waals surface area contributed by atoms with E-state index in [-0.39, 0.29) is 18.4 Å². The molecule has 0 bridgehead atoms. The van der Waals surface area contributed by atoms with Crippen molar-refractivity contribution in [2.45, 2.75) is 37.9 Å². The lowest BCUT2D eigenvalue weighted by molar-refractivity contribution is -0.183. The molecule has 21 heavy (non-hydrogen) atoms. The fourth-order valence-electron chi connectivity index (χ4n) is 2.62. The maximum atomic E-state index is 12.7. The number of alkyl halides is 3. The van der Waals surface area contributed by atoms with E-state index in [1.54, 1.807) is 18.2 Å². The topological polar surface area (TPSA) is 55.1 Å². The van der Waals surface area contributed by atoms with E-state index >= 15 is 0 Å². The van der Waals surface area contributed by atoms with Gasteiger partial charge >= 0.3 is 6.18 Å². The second-order valence-electron chi connectivity index (χ2n) is 5.31. The van der Waals surface area contributed by atoms with Crippen LogP contribution in [0.3, 0.4) is 0 Å². The zero-order valence-corrected chi connectivity index (χ0v) is 12.8. The third-order valence-electron chi connectivity index (χ3n) is 3.73. The van der Waals surface area contributed by atoms with Crippen molar-refractivity contribution in [3.05, 3.63) is 28.2 Å². The van der Waals surface area contributed by atoms with Gasteiger partial charge in [0.15, 0.2) is 0 Å². The van der Waals surface area contributed by atoms with Gasteiger partial charge in [-0.3, -0.25) is 4.79 Å². The minimum Gasteiger partial charge on any atom is -0.398 e. The molecular formula is C14H16BrF3N2O. The van der Waals surface area contributed by atoms with Gasteiger partial charge in [-0.05, 0) is 37.5 Å². The monoisotopic (exact) mass is 364 g/mol. The molecule has 1 aliphatic rings. The molecule has 3 nitrogen and oxygen atoms in total. The van der Waals surface area contributed by atoms with Crippen molar-refractivity contribution in [3.63, 3.8) is 0 Å². The highest BCUT2D eigenvalue weighted by molar-refractivity contribution is 9.10. The van der Waals surface area contributed by atoms with E-state index in [0.29, 0.717) is 18.5 Å². The van der Waals surface area contributed by atoms with Crippen molar-refractivity contribution < 1.29 is 18.0 Å². The van der Waals surface area contributed by atoms with Crippen molar-refractivity contribution in [2.24, 2.45) is 5.92 Å². The van der Waals surface area contributed by atoms with Crippen LogP contribution in [-0.2, 0) is 0 Å². The van der Waals surface area contributed by atoms with Gasteiger partial charge in [0.2, 0.25) is 0 Å². The van der Waals surface area contributed by atoms with Crippen LogP contribution in [0.4, 0.5) is 18.9 Å². The largest absolute Gasteiger partial charge is 0.398 e. The van der Waals surface area contributed by atoms with Gasteiger partial charge in [-0.25, -0.2) is 0 Å². The smallest absolute Gasteiger partial charge is 0.391 e. The number of benzene rings is 1. The summed E-state index contributed by atoms with van der Waals surface area (Å²) < 4.78 is 39.0. The maximum Gasteiger partial charge on any atom is 0.391 e. The molecule has 7 heteroatoms. The lowest BCUT2D eigenvalue weighted by Crippen LogP contribution is -2.41. The molecule has 1 amide bonds. The van der Waals surface area contributed by atoms with Crippen molar-refractivity contribution in [2.75, 3.05) is 5.73 Å². The first-order chi connectivity index (χ1) is 9.77. The first-order valence-corrected chi connectivity index (χ1v) is 7.49. The van der Waals surface area contributed by atoms with Crippen LogP contribution in [-0.4, -0.2) is 18.1 Å². The lowest BCUT2D eigenvalue weighted by atomic mass is 9.85. The molecule has 116 valence electrons. The van der Waals surface area contributed by atoms with E-state index in [4.69, 9.17) is 5.73 Å². The number of amides is 1. The number of rotatable bonds is 2. The second-order valence-corrected chi connectivity index (χ2v) is 6.22. The van der Waals surface area contributed by atoms with Crippen LogP contribution in [0, 0.1) is 5.92 Å². The number of nitrogen functional groups attached to an aromatic ring is 1. The average molecular weight is 365 g/mol. The molecule has 1 aromatic carbocycles. The van der Waals surface area contributed by atoms with Gasteiger partial charge in [-0.2, -0.15) is 13.2 Å². The van der Waals surface area contributed by atoms with Crippen LogP contribution in [0.25, 0.3) is 0 Å². The number of carbonyl (C=O) groups is 1. The fourth-order valence-corrected chi connectivity index (χ4v) is 3.00. The van der Waals surface area contributed by atoms with E-state index in [2.05, 4.69) is 21.2 Å². The predicted molar refractivity (Wildman–Crippen MR) is 77.8 cm³/mol. The summed E-state index contributed by atoms with van der Waals surface area (Å²) in [6.07, 6.45) is -3.10. The third-order valence-corrected chi connectivity index (χ3v) is 4.22. The van der Waals surface area contributed by atoms with E-state index in [1.807, 2.05) is 0 Å². The minimum atomic E-state index is -4.19. The van der Waals surface area contributed by atoms with Crippen molar-refractivity contribution in [3.8, 4) is 0 Å². The minimum absolute atomic E-state index is 0.0638. The summed E-state index contributed by atoms with van der Waals surface area (Å²) in [6.45, 7) is 0. The van der Waals surface area contributed by atoms with Crippen LogP contribution in [0.5, 0.6) is 0 Å². The Bertz CT molecular complexity index is 533. The number of hydrogen-bond acceptors (Lipinski definition) is 2. The van der Waals surface area contributed by atoms with Gasteiger partial charge in [0, 0.05) is 16.2 Å². The Balaban J connectivity index is 2.02. The number of halogens is 4. The Hall–Kier alpha value is -1.24.